The van der Waals surface area contributed by atoms with E-state index in [2.05, 4.69) is 0 Å². The highest BCUT2D eigenvalue weighted by molar-refractivity contribution is 7.89. The van der Waals surface area contributed by atoms with Gasteiger partial charge in [-0.25, -0.2) is 8.42 Å². The van der Waals surface area contributed by atoms with E-state index in [9.17, 15) is 23.1 Å². The first-order valence-electron chi connectivity index (χ1n) is 8.78. The lowest BCUT2D eigenvalue weighted by Crippen LogP contribution is -2.49. The Morgan fingerprint density at radius 1 is 1.32 bits per heavy atom. The number of sulfonamides is 1. The van der Waals surface area contributed by atoms with Crippen LogP contribution in [-0.4, -0.2) is 79.8 Å². The molecule has 2 heterocycles. The molecule has 2 fully saturated rings. The number of nitrogens with zero attached hydrogens (tertiary/aromatic N) is 2. The fraction of sp³-hybridized carbons (Fsp3) is 0.875. The van der Waals surface area contributed by atoms with E-state index in [1.54, 1.807) is 0 Å². The van der Waals surface area contributed by atoms with Gasteiger partial charge in [0, 0.05) is 26.7 Å². The molecule has 2 atom stereocenters. The van der Waals surface area contributed by atoms with E-state index in [-0.39, 0.29) is 24.8 Å². The molecule has 0 saturated carbocycles. The van der Waals surface area contributed by atoms with E-state index in [1.165, 1.54) is 16.3 Å². The van der Waals surface area contributed by atoms with Crippen LogP contribution in [0.1, 0.15) is 39.0 Å². The highest BCUT2D eigenvalue weighted by Crippen LogP contribution is 2.33. The molecule has 1 amide bonds. The molecule has 2 aliphatic heterocycles. The number of carbonyl (C=O) groups excluding carboxylic acids is 1. The standard InChI is InChI=1S/C16H28N2O6S/c1-3-4-10-25(22,23)18-8-5-6-13(18)14(19)17-9-7-16(11-17,12-24-2)15(20)21/h13H,3-12H2,1-2H3,(H,20,21). The second kappa shape index (κ2) is 8.01. The molecule has 9 heteroatoms. The van der Waals surface area contributed by atoms with Crippen LogP contribution in [0.2, 0.25) is 0 Å². The Morgan fingerprint density at radius 3 is 2.64 bits per heavy atom. The number of hydrogen-bond donors (Lipinski definition) is 1. The van der Waals surface area contributed by atoms with Crippen LogP contribution in [-0.2, 0) is 24.3 Å². The number of carboxylic acids is 1. The monoisotopic (exact) mass is 376 g/mol. The average molecular weight is 376 g/mol. The van der Waals surface area contributed by atoms with Crippen molar-refractivity contribution in [2.45, 2.75) is 45.1 Å². The minimum absolute atomic E-state index is 0.0370. The number of methoxy groups -OCH3 is 1. The molecule has 2 rings (SSSR count). The predicted molar refractivity (Wildman–Crippen MR) is 91.6 cm³/mol. The highest BCUT2D eigenvalue weighted by Gasteiger charge is 2.49. The van der Waals surface area contributed by atoms with Crippen molar-refractivity contribution in [1.29, 1.82) is 0 Å². The normalized spacial score (nSPS) is 27.8. The van der Waals surface area contributed by atoms with Gasteiger partial charge in [0.15, 0.2) is 0 Å². The molecule has 1 N–H and O–H groups in total. The van der Waals surface area contributed by atoms with Crippen LogP contribution in [0.15, 0.2) is 0 Å². The van der Waals surface area contributed by atoms with Gasteiger partial charge in [-0.05, 0) is 25.7 Å². The lowest BCUT2D eigenvalue weighted by atomic mass is 9.88. The zero-order valence-corrected chi connectivity index (χ0v) is 15.8. The van der Waals surface area contributed by atoms with Crippen molar-refractivity contribution in [3.05, 3.63) is 0 Å². The number of ether oxygens (including phenoxy) is 1. The maximum Gasteiger partial charge on any atom is 0.313 e. The highest BCUT2D eigenvalue weighted by atomic mass is 32.2. The van der Waals surface area contributed by atoms with Gasteiger partial charge in [-0.3, -0.25) is 9.59 Å². The van der Waals surface area contributed by atoms with Crippen molar-refractivity contribution >= 4 is 21.9 Å². The summed E-state index contributed by atoms with van der Waals surface area (Å²) >= 11 is 0. The smallest absolute Gasteiger partial charge is 0.313 e. The van der Waals surface area contributed by atoms with E-state index in [0.29, 0.717) is 38.8 Å². The third-order valence-electron chi connectivity index (χ3n) is 5.14. The molecule has 0 aromatic rings. The summed E-state index contributed by atoms with van der Waals surface area (Å²) in [5.41, 5.74) is -1.10. The summed E-state index contributed by atoms with van der Waals surface area (Å²) in [6, 6.07) is -0.700. The van der Waals surface area contributed by atoms with Crippen LogP contribution >= 0.6 is 0 Å². The fourth-order valence-electron chi connectivity index (χ4n) is 3.67. The summed E-state index contributed by atoms with van der Waals surface area (Å²) in [5.74, 6) is -1.21. The van der Waals surface area contributed by atoms with Gasteiger partial charge in [-0.2, -0.15) is 4.31 Å². The van der Waals surface area contributed by atoms with Gasteiger partial charge in [0.1, 0.15) is 11.5 Å². The zero-order valence-electron chi connectivity index (χ0n) is 14.9. The molecule has 0 bridgehead atoms. The summed E-state index contributed by atoms with van der Waals surface area (Å²) in [6.45, 7) is 2.70. The number of amides is 1. The first-order chi connectivity index (χ1) is 11.8. The van der Waals surface area contributed by atoms with E-state index in [0.717, 1.165) is 6.42 Å². The molecule has 0 aromatic carbocycles. The number of aliphatic carboxylic acids is 1. The quantitative estimate of drug-likeness (QED) is 0.663. The molecule has 25 heavy (non-hydrogen) atoms. The second-order valence-electron chi connectivity index (χ2n) is 6.97. The Bertz CT molecular complexity index is 608. The minimum Gasteiger partial charge on any atom is -0.481 e. The fourth-order valence-corrected chi connectivity index (χ4v) is 5.54. The molecule has 0 radical (unpaired) electrons. The van der Waals surface area contributed by atoms with Gasteiger partial charge < -0.3 is 14.7 Å². The third-order valence-corrected chi connectivity index (χ3v) is 7.10. The zero-order chi connectivity index (χ0) is 18.7. The molecule has 0 spiro atoms. The van der Waals surface area contributed by atoms with Crippen LogP contribution in [0.3, 0.4) is 0 Å². The Hall–Kier alpha value is -1.19. The van der Waals surface area contributed by atoms with Crippen molar-refractivity contribution in [3.8, 4) is 0 Å². The van der Waals surface area contributed by atoms with Crippen molar-refractivity contribution in [2.75, 3.05) is 39.1 Å². The summed E-state index contributed by atoms with van der Waals surface area (Å²) < 4.78 is 31.4. The van der Waals surface area contributed by atoms with Crippen molar-refractivity contribution in [1.82, 2.24) is 9.21 Å². The number of carbonyl (C=O) groups is 2. The van der Waals surface area contributed by atoms with Gasteiger partial charge in [0.2, 0.25) is 15.9 Å². The van der Waals surface area contributed by atoms with Crippen molar-refractivity contribution in [2.24, 2.45) is 5.41 Å². The molecule has 8 nitrogen and oxygen atoms in total. The van der Waals surface area contributed by atoms with Gasteiger partial charge >= 0.3 is 5.97 Å². The van der Waals surface area contributed by atoms with Gasteiger partial charge in [-0.15, -0.1) is 0 Å². The summed E-state index contributed by atoms with van der Waals surface area (Å²) in [7, 11) is -2.02. The van der Waals surface area contributed by atoms with Crippen molar-refractivity contribution in [3.63, 3.8) is 0 Å². The Balaban J connectivity index is 2.11. The number of carboxylic acid groups (broad SMARTS) is 1. The Kier molecular flexibility index (Phi) is 6.45. The molecule has 2 unspecified atom stereocenters. The van der Waals surface area contributed by atoms with Gasteiger partial charge in [0.25, 0.3) is 0 Å². The lowest BCUT2D eigenvalue weighted by Gasteiger charge is -2.28. The maximum atomic E-state index is 12.9. The van der Waals surface area contributed by atoms with E-state index < -0.39 is 27.4 Å². The summed E-state index contributed by atoms with van der Waals surface area (Å²) in [6.07, 6.45) is 2.80. The molecule has 2 aliphatic rings. The van der Waals surface area contributed by atoms with Crippen molar-refractivity contribution < 1.29 is 27.9 Å². The number of rotatable bonds is 8. The molecular formula is C16H28N2O6S. The molecule has 2 saturated heterocycles. The predicted octanol–water partition coefficient (Wildman–Crippen LogP) is 0.530. The van der Waals surface area contributed by atoms with Crippen LogP contribution in [0.25, 0.3) is 0 Å². The van der Waals surface area contributed by atoms with Gasteiger partial charge in [0.05, 0.1) is 12.4 Å². The summed E-state index contributed by atoms with van der Waals surface area (Å²) in [4.78, 5) is 26.0. The summed E-state index contributed by atoms with van der Waals surface area (Å²) in [5, 5.41) is 9.51. The van der Waals surface area contributed by atoms with E-state index >= 15 is 0 Å². The molecule has 144 valence electrons. The van der Waals surface area contributed by atoms with E-state index in [4.69, 9.17) is 4.74 Å². The SMILES string of the molecule is CCCCS(=O)(=O)N1CCCC1C(=O)N1CCC(COC)(C(=O)O)C1. The van der Waals surface area contributed by atoms with Crippen LogP contribution in [0, 0.1) is 5.41 Å². The average Bonchev–Trinajstić information content (AvgIpc) is 3.21. The molecule has 0 aromatic heterocycles. The lowest BCUT2D eigenvalue weighted by molar-refractivity contribution is -0.151. The maximum absolute atomic E-state index is 12.9. The van der Waals surface area contributed by atoms with Crippen LogP contribution in [0.4, 0.5) is 0 Å². The number of unbranched alkanes of at least 4 members (excludes halogenated alkanes) is 1. The molecule has 0 aliphatic carbocycles. The first-order valence-corrected chi connectivity index (χ1v) is 10.4. The molecular weight excluding hydrogens is 348 g/mol. The Labute approximate surface area is 149 Å². The Morgan fingerprint density at radius 2 is 2.04 bits per heavy atom. The second-order valence-corrected chi connectivity index (χ2v) is 9.01. The van der Waals surface area contributed by atoms with E-state index in [1.807, 2.05) is 6.92 Å². The first kappa shape index (κ1) is 20.1. The number of likely N-dealkylation sites (tertiary alicyclic amines) is 1. The van der Waals surface area contributed by atoms with Crippen LogP contribution in [0.5, 0.6) is 0 Å². The third kappa shape index (κ3) is 4.15. The topological polar surface area (TPSA) is 104 Å². The van der Waals surface area contributed by atoms with Gasteiger partial charge in [-0.1, -0.05) is 13.3 Å². The largest absolute Gasteiger partial charge is 0.481 e. The number of hydrogen-bond acceptors (Lipinski definition) is 5. The van der Waals surface area contributed by atoms with Crippen LogP contribution < -0.4 is 0 Å². The minimum atomic E-state index is -3.46.